The molecule has 0 atom stereocenters. The summed E-state index contributed by atoms with van der Waals surface area (Å²) in [5.74, 6) is -0.341. The Morgan fingerprint density at radius 1 is 1.00 bits per heavy atom. The van der Waals surface area contributed by atoms with Crippen LogP contribution >= 0.6 is 0 Å². The molecule has 0 fully saturated rings. The van der Waals surface area contributed by atoms with E-state index in [0.717, 1.165) is 5.56 Å². The highest BCUT2D eigenvalue weighted by molar-refractivity contribution is 5.74. The second-order valence-electron chi connectivity index (χ2n) is 5.31. The summed E-state index contributed by atoms with van der Waals surface area (Å²) in [6, 6.07) is 15.3. The number of benzene rings is 2. The van der Waals surface area contributed by atoms with E-state index < -0.39 is 0 Å². The summed E-state index contributed by atoms with van der Waals surface area (Å²) >= 11 is 0. The van der Waals surface area contributed by atoms with Crippen LogP contribution in [0.2, 0.25) is 0 Å². The molecule has 2 aromatic heterocycles. The van der Waals surface area contributed by atoms with Crippen LogP contribution in [0.25, 0.3) is 16.7 Å². The van der Waals surface area contributed by atoms with Crippen LogP contribution in [0, 0.1) is 5.82 Å². The number of fused-ring (bicyclic) bond motifs is 1. The summed E-state index contributed by atoms with van der Waals surface area (Å²) in [7, 11) is 0. The van der Waals surface area contributed by atoms with Crippen molar-refractivity contribution in [1.82, 2.24) is 24.8 Å². The molecule has 4 rings (SSSR count). The third-order valence-electron chi connectivity index (χ3n) is 3.70. The smallest absolute Gasteiger partial charge is 0.267 e. The Bertz CT molecular complexity index is 1050. The second kappa shape index (κ2) is 5.69. The molecule has 0 aliphatic heterocycles. The van der Waals surface area contributed by atoms with E-state index >= 15 is 0 Å². The van der Waals surface area contributed by atoms with Crippen LogP contribution < -0.4 is 5.56 Å². The molecule has 0 saturated heterocycles. The molecule has 0 aliphatic rings. The van der Waals surface area contributed by atoms with E-state index in [1.54, 1.807) is 12.1 Å². The van der Waals surface area contributed by atoms with Crippen LogP contribution in [0.4, 0.5) is 4.39 Å². The van der Waals surface area contributed by atoms with Gasteiger partial charge in [-0.1, -0.05) is 35.5 Å². The lowest BCUT2D eigenvalue weighted by Crippen LogP contribution is -2.24. The maximum atomic E-state index is 13.1. The molecule has 118 valence electrons. The van der Waals surface area contributed by atoms with Gasteiger partial charge in [-0.15, -0.1) is 5.10 Å². The minimum Gasteiger partial charge on any atom is -0.267 e. The molecule has 0 spiro atoms. The minimum atomic E-state index is -0.341. The first-order valence-electron chi connectivity index (χ1n) is 7.34. The van der Waals surface area contributed by atoms with Gasteiger partial charge in [-0.05, 0) is 29.8 Å². The molecule has 0 aliphatic carbocycles. The third kappa shape index (κ3) is 2.45. The highest BCUT2D eigenvalue weighted by Crippen LogP contribution is 2.13. The van der Waals surface area contributed by atoms with E-state index in [9.17, 15) is 9.18 Å². The van der Waals surface area contributed by atoms with Crippen molar-refractivity contribution in [1.29, 1.82) is 0 Å². The standard InChI is InChI=1S/C17H12FN5O/c18-13-6-8-14(9-7-13)23-16-15(10-19-23)17(24)22(21-20-16)11-12-4-2-1-3-5-12/h1-10H,11H2. The fourth-order valence-electron chi connectivity index (χ4n) is 2.50. The Hall–Kier alpha value is -3.35. The summed E-state index contributed by atoms with van der Waals surface area (Å²) < 4.78 is 15.8. The molecule has 0 saturated carbocycles. The van der Waals surface area contributed by atoms with Gasteiger partial charge in [0.25, 0.3) is 5.56 Å². The molecule has 0 radical (unpaired) electrons. The molecule has 0 bridgehead atoms. The molecule has 2 aromatic carbocycles. The van der Waals surface area contributed by atoms with E-state index in [1.807, 2.05) is 30.3 Å². The van der Waals surface area contributed by atoms with Crippen LogP contribution in [-0.2, 0) is 6.54 Å². The molecule has 7 heteroatoms. The third-order valence-corrected chi connectivity index (χ3v) is 3.70. The first kappa shape index (κ1) is 14.3. The van der Waals surface area contributed by atoms with Crippen molar-refractivity contribution in [3.63, 3.8) is 0 Å². The van der Waals surface area contributed by atoms with Gasteiger partial charge in [0.2, 0.25) is 0 Å². The van der Waals surface area contributed by atoms with Crippen molar-refractivity contribution in [2.45, 2.75) is 6.54 Å². The van der Waals surface area contributed by atoms with Crippen LogP contribution in [0.3, 0.4) is 0 Å². The summed E-state index contributed by atoms with van der Waals surface area (Å²) in [4.78, 5) is 12.6. The van der Waals surface area contributed by atoms with Gasteiger partial charge in [0.15, 0.2) is 5.65 Å². The van der Waals surface area contributed by atoms with Crippen molar-refractivity contribution in [3.8, 4) is 5.69 Å². The van der Waals surface area contributed by atoms with Crippen LogP contribution in [0.1, 0.15) is 5.56 Å². The van der Waals surface area contributed by atoms with Crippen molar-refractivity contribution >= 4 is 11.0 Å². The van der Waals surface area contributed by atoms with Crippen molar-refractivity contribution < 1.29 is 4.39 Å². The van der Waals surface area contributed by atoms with Gasteiger partial charge in [-0.2, -0.15) is 5.10 Å². The fourth-order valence-corrected chi connectivity index (χ4v) is 2.50. The Labute approximate surface area is 135 Å². The first-order chi connectivity index (χ1) is 11.7. The number of rotatable bonds is 3. The fraction of sp³-hybridized carbons (Fsp3) is 0.0588. The summed E-state index contributed by atoms with van der Waals surface area (Å²) in [6.45, 7) is 0.338. The lowest BCUT2D eigenvalue weighted by molar-refractivity contribution is 0.597. The van der Waals surface area contributed by atoms with E-state index in [0.29, 0.717) is 23.3 Å². The maximum absolute atomic E-state index is 13.1. The largest absolute Gasteiger partial charge is 0.281 e. The van der Waals surface area contributed by atoms with Crippen LogP contribution in [0.15, 0.2) is 65.6 Å². The Morgan fingerprint density at radius 3 is 2.50 bits per heavy atom. The predicted molar refractivity (Wildman–Crippen MR) is 86.4 cm³/mol. The van der Waals surface area contributed by atoms with E-state index in [4.69, 9.17) is 0 Å². The zero-order valence-electron chi connectivity index (χ0n) is 12.5. The highest BCUT2D eigenvalue weighted by Gasteiger charge is 2.13. The van der Waals surface area contributed by atoms with Gasteiger partial charge in [-0.25, -0.2) is 13.8 Å². The Kier molecular flexibility index (Phi) is 3.38. The van der Waals surface area contributed by atoms with Crippen LogP contribution in [-0.4, -0.2) is 24.8 Å². The number of hydrogen-bond acceptors (Lipinski definition) is 4. The average Bonchev–Trinajstić information content (AvgIpc) is 3.04. The van der Waals surface area contributed by atoms with E-state index in [-0.39, 0.29) is 11.4 Å². The quantitative estimate of drug-likeness (QED) is 0.580. The van der Waals surface area contributed by atoms with Crippen molar-refractivity contribution in [3.05, 3.63) is 82.5 Å². The number of nitrogens with zero attached hydrogens (tertiary/aromatic N) is 5. The van der Waals surface area contributed by atoms with Gasteiger partial charge in [-0.3, -0.25) is 4.79 Å². The van der Waals surface area contributed by atoms with Crippen molar-refractivity contribution in [2.75, 3.05) is 0 Å². The van der Waals surface area contributed by atoms with Gasteiger partial charge < -0.3 is 0 Å². The van der Waals surface area contributed by atoms with Crippen LogP contribution in [0.5, 0.6) is 0 Å². The molecule has 4 aromatic rings. The number of aromatic nitrogens is 5. The lowest BCUT2D eigenvalue weighted by atomic mass is 10.2. The molecule has 24 heavy (non-hydrogen) atoms. The van der Waals surface area contributed by atoms with Gasteiger partial charge in [0, 0.05) is 0 Å². The SMILES string of the molecule is O=c1c2cnn(-c3ccc(F)cc3)c2nnn1Cc1ccccc1. The van der Waals surface area contributed by atoms with E-state index in [1.165, 1.54) is 27.7 Å². The van der Waals surface area contributed by atoms with E-state index in [2.05, 4.69) is 15.4 Å². The molecule has 0 unspecified atom stereocenters. The zero-order chi connectivity index (χ0) is 16.5. The molecule has 0 amide bonds. The Morgan fingerprint density at radius 2 is 1.75 bits per heavy atom. The normalized spacial score (nSPS) is 11.0. The molecular weight excluding hydrogens is 309 g/mol. The van der Waals surface area contributed by atoms with Gasteiger partial charge >= 0.3 is 0 Å². The monoisotopic (exact) mass is 321 g/mol. The topological polar surface area (TPSA) is 65.6 Å². The predicted octanol–water partition coefficient (Wildman–Crippen LogP) is 2.16. The molecule has 0 N–H and O–H groups in total. The molecule has 6 nitrogen and oxygen atoms in total. The molecule has 2 heterocycles. The van der Waals surface area contributed by atoms with Gasteiger partial charge in [0.1, 0.15) is 11.2 Å². The van der Waals surface area contributed by atoms with Gasteiger partial charge in [0.05, 0.1) is 18.4 Å². The average molecular weight is 321 g/mol. The first-order valence-corrected chi connectivity index (χ1v) is 7.34. The number of hydrogen-bond donors (Lipinski definition) is 0. The summed E-state index contributed by atoms with van der Waals surface area (Å²) in [5, 5.41) is 12.7. The summed E-state index contributed by atoms with van der Waals surface area (Å²) in [5.41, 5.74) is 1.65. The van der Waals surface area contributed by atoms with Crippen molar-refractivity contribution in [2.24, 2.45) is 0 Å². The second-order valence-corrected chi connectivity index (χ2v) is 5.31. The zero-order valence-corrected chi connectivity index (χ0v) is 12.5. The lowest BCUT2D eigenvalue weighted by Gasteiger charge is -2.05. The highest BCUT2D eigenvalue weighted by atomic mass is 19.1. The maximum Gasteiger partial charge on any atom is 0.281 e. The number of halogens is 1. The Balaban J connectivity index is 1.78. The minimum absolute atomic E-state index is 0.266. The summed E-state index contributed by atoms with van der Waals surface area (Å²) in [6.07, 6.45) is 1.46. The molecular formula is C17H12FN5O.